The Morgan fingerprint density at radius 1 is 1.29 bits per heavy atom. The van der Waals surface area contributed by atoms with E-state index >= 15 is 0 Å². The van der Waals surface area contributed by atoms with E-state index in [1.807, 2.05) is 0 Å². The van der Waals surface area contributed by atoms with Crippen LogP contribution in [0.4, 0.5) is 0 Å². The SMILES string of the molecule is NC1(c2noc(CC3CCCCO3)n2)CCC1. The Bertz CT molecular complexity index is 381. The van der Waals surface area contributed by atoms with Crippen molar-refractivity contribution in [2.45, 2.75) is 56.6 Å². The fourth-order valence-electron chi connectivity index (χ4n) is 2.48. The third-order valence-electron chi connectivity index (χ3n) is 3.84. The number of hydrogen-bond acceptors (Lipinski definition) is 5. The van der Waals surface area contributed by atoms with Crippen LogP contribution in [0.2, 0.25) is 0 Å². The minimum absolute atomic E-state index is 0.243. The summed E-state index contributed by atoms with van der Waals surface area (Å²) in [5.74, 6) is 1.35. The van der Waals surface area contributed by atoms with Gasteiger partial charge < -0.3 is 15.0 Å². The average Bonchev–Trinajstić information content (AvgIpc) is 2.76. The first-order chi connectivity index (χ1) is 8.26. The Labute approximate surface area is 101 Å². The zero-order valence-electron chi connectivity index (χ0n) is 10.0. The highest BCUT2D eigenvalue weighted by molar-refractivity contribution is 5.08. The Morgan fingerprint density at radius 2 is 2.18 bits per heavy atom. The zero-order valence-corrected chi connectivity index (χ0v) is 10.0. The molecule has 1 unspecified atom stereocenters. The number of hydrogen-bond donors (Lipinski definition) is 1. The maximum atomic E-state index is 6.15. The van der Waals surface area contributed by atoms with E-state index in [2.05, 4.69) is 10.1 Å². The molecule has 5 heteroatoms. The molecule has 1 saturated heterocycles. The van der Waals surface area contributed by atoms with Gasteiger partial charge in [-0.3, -0.25) is 0 Å². The number of nitrogens with zero attached hydrogens (tertiary/aromatic N) is 2. The van der Waals surface area contributed by atoms with Crippen LogP contribution in [0.25, 0.3) is 0 Å². The van der Waals surface area contributed by atoms with Gasteiger partial charge in [0.2, 0.25) is 5.89 Å². The second-order valence-electron chi connectivity index (χ2n) is 5.21. The van der Waals surface area contributed by atoms with E-state index in [1.165, 1.54) is 6.42 Å². The Balaban J connectivity index is 1.63. The van der Waals surface area contributed by atoms with Gasteiger partial charge >= 0.3 is 0 Å². The lowest BCUT2D eigenvalue weighted by atomic mass is 9.77. The summed E-state index contributed by atoms with van der Waals surface area (Å²) in [6.07, 6.45) is 7.54. The van der Waals surface area contributed by atoms with Gasteiger partial charge in [0.25, 0.3) is 0 Å². The molecule has 1 aliphatic heterocycles. The van der Waals surface area contributed by atoms with Crippen LogP contribution in [-0.4, -0.2) is 22.9 Å². The molecule has 1 atom stereocenters. The van der Waals surface area contributed by atoms with E-state index in [1.54, 1.807) is 0 Å². The van der Waals surface area contributed by atoms with E-state index in [9.17, 15) is 0 Å². The summed E-state index contributed by atoms with van der Waals surface area (Å²) in [5.41, 5.74) is 5.83. The predicted octanol–water partition coefficient (Wildman–Crippen LogP) is 1.52. The molecule has 1 aromatic rings. The smallest absolute Gasteiger partial charge is 0.229 e. The standard InChI is InChI=1S/C12H19N3O2/c13-12(5-3-6-12)11-14-10(17-15-11)8-9-4-1-2-7-16-9/h9H,1-8,13H2. The fourth-order valence-corrected chi connectivity index (χ4v) is 2.48. The largest absolute Gasteiger partial charge is 0.378 e. The molecule has 2 N–H and O–H groups in total. The van der Waals surface area contributed by atoms with Gasteiger partial charge in [0, 0.05) is 6.61 Å². The summed E-state index contributed by atoms with van der Waals surface area (Å²) in [5, 5.41) is 4.01. The molecule has 17 heavy (non-hydrogen) atoms. The van der Waals surface area contributed by atoms with Crippen molar-refractivity contribution in [3.05, 3.63) is 11.7 Å². The second kappa shape index (κ2) is 4.38. The third kappa shape index (κ3) is 2.21. The number of ether oxygens (including phenoxy) is 1. The lowest BCUT2D eigenvalue weighted by molar-refractivity contribution is 0.0124. The summed E-state index contributed by atoms with van der Waals surface area (Å²) < 4.78 is 10.9. The van der Waals surface area contributed by atoms with Crippen molar-refractivity contribution < 1.29 is 9.26 Å². The van der Waals surface area contributed by atoms with Gasteiger partial charge in [-0.2, -0.15) is 4.98 Å². The van der Waals surface area contributed by atoms with Crippen LogP contribution >= 0.6 is 0 Å². The molecule has 3 rings (SSSR count). The minimum atomic E-state index is -0.324. The van der Waals surface area contributed by atoms with Crippen LogP contribution in [-0.2, 0) is 16.7 Å². The van der Waals surface area contributed by atoms with Crippen LogP contribution in [0.5, 0.6) is 0 Å². The fraction of sp³-hybridized carbons (Fsp3) is 0.833. The highest BCUT2D eigenvalue weighted by Gasteiger charge is 2.39. The van der Waals surface area contributed by atoms with E-state index in [4.69, 9.17) is 15.0 Å². The maximum absolute atomic E-state index is 6.15. The number of nitrogens with two attached hydrogens (primary N) is 1. The van der Waals surface area contributed by atoms with Gasteiger partial charge in [0.1, 0.15) is 0 Å². The van der Waals surface area contributed by atoms with Crippen molar-refractivity contribution in [3.8, 4) is 0 Å². The highest BCUT2D eigenvalue weighted by Crippen LogP contribution is 2.36. The highest BCUT2D eigenvalue weighted by atomic mass is 16.5. The first-order valence-electron chi connectivity index (χ1n) is 6.50. The minimum Gasteiger partial charge on any atom is -0.378 e. The second-order valence-corrected chi connectivity index (χ2v) is 5.21. The molecule has 0 amide bonds. The molecule has 5 nitrogen and oxygen atoms in total. The molecule has 0 radical (unpaired) electrons. The number of aromatic nitrogens is 2. The van der Waals surface area contributed by atoms with Crippen molar-refractivity contribution in [3.63, 3.8) is 0 Å². The summed E-state index contributed by atoms with van der Waals surface area (Å²) in [7, 11) is 0. The molecule has 2 heterocycles. The lowest BCUT2D eigenvalue weighted by Crippen LogP contribution is -2.44. The Morgan fingerprint density at radius 3 is 2.82 bits per heavy atom. The van der Waals surface area contributed by atoms with Crippen molar-refractivity contribution in [2.75, 3.05) is 6.61 Å². The third-order valence-corrected chi connectivity index (χ3v) is 3.84. The summed E-state index contributed by atoms with van der Waals surface area (Å²) in [6.45, 7) is 0.854. The van der Waals surface area contributed by atoms with Crippen molar-refractivity contribution in [1.29, 1.82) is 0 Å². The lowest BCUT2D eigenvalue weighted by Gasteiger charge is -2.34. The molecule has 0 bridgehead atoms. The van der Waals surface area contributed by atoms with E-state index in [0.717, 1.165) is 45.1 Å². The van der Waals surface area contributed by atoms with Crippen LogP contribution < -0.4 is 5.73 Å². The molecular formula is C12H19N3O2. The van der Waals surface area contributed by atoms with Gasteiger partial charge in [0.05, 0.1) is 18.1 Å². The van der Waals surface area contributed by atoms with Crippen LogP contribution in [0.3, 0.4) is 0 Å². The summed E-state index contributed by atoms with van der Waals surface area (Å²) in [6, 6.07) is 0. The quantitative estimate of drug-likeness (QED) is 0.862. The Kier molecular flexibility index (Phi) is 2.88. The normalized spacial score (nSPS) is 27.7. The topological polar surface area (TPSA) is 74.2 Å². The predicted molar refractivity (Wildman–Crippen MR) is 61.3 cm³/mol. The van der Waals surface area contributed by atoms with Gasteiger partial charge in [0.15, 0.2) is 5.82 Å². The molecule has 1 saturated carbocycles. The van der Waals surface area contributed by atoms with Gasteiger partial charge in [-0.05, 0) is 38.5 Å². The molecular weight excluding hydrogens is 218 g/mol. The average molecular weight is 237 g/mol. The van der Waals surface area contributed by atoms with Crippen LogP contribution in [0.1, 0.15) is 50.2 Å². The molecule has 94 valence electrons. The van der Waals surface area contributed by atoms with Crippen molar-refractivity contribution in [2.24, 2.45) is 5.73 Å². The molecule has 1 aliphatic carbocycles. The Hall–Kier alpha value is -0.940. The van der Waals surface area contributed by atoms with E-state index in [0.29, 0.717) is 11.7 Å². The maximum Gasteiger partial charge on any atom is 0.229 e. The monoisotopic (exact) mass is 237 g/mol. The first kappa shape index (κ1) is 11.2. The molecule has 2 aliphatic rings. The zero-order chi connectivity index (χ0) is 11.7. The molecule has 0 spiro atoms. The van der Waals surface area contributed by atoms with E-state index < -0.39 is 0 Å². The van der Waals surface area contributed by atoms with Crippen molar-refractivity contribution in [1.82, 2.24) is 10.1 Å². The molecule has 1 aromatic heterocycles. The van der Waals surface area contributed by atoms with Crippen LogP contribution in [0.15, 0.2) is 4.52 Å². The molecule has 0 aromatic carbocycles. The van der Waals surface area contributed by atoms with Gasteiger partial charge in [-0.25, -0.2) is 0 Å². The van der Waals surface area contributed by atoms with Crippen LogP contribution in [0, 0.1) is 0 Å². The summed E-state index contributed by atoms with van der Waals surface area (Å²) >= 11 is 0. The first-order valence-corrected chi connectivity index (χ1v) is 6.50. The number of rotatable bonds is 3. The summed E-state index contributed by atoms with van der Waals surface area (Å²) in [4.78, 5) is 4.42. The van der Waals surface area contributed by atoms with Crippen molar-refractivity contribution >= 4 is 0 Å². The van der Waals surface area contributed by atoms with Gasteiger partial charge in [-0.1, -0.05) is 5.16 Å². The van der Waals surface area contributed by atoms with Gasteiger partial charge in [-0.15, -0.1) is 0 Å². The molecule has 2 fully saturated rings. The van der Waals surface area contributed by atoms with E-state index in [-0.39, 0.29) is 11.6 Å².